The highest BCUT2D eigenvalue weighted by Crippen LogP contribution is 2.12. The van der Waals surface area contributed by atoms with Crippen molar-refractivity contribution in [2.24, 2.45) is 7.05 Å². The number of aromatic nitrogens is 2. The summed E-state index contributed by atoms with van der Waals surface area (Å²) in [5.41, 5.74) is 2.14. The third-order valence-electron chi connectivity index (χ3n) is 2.31. The minimum absolute atomic E-state index is 0.218. The molecule has 2 aromatic rings. The van der Waals surface area contributed by atoms with Gasteiger partial charge in [-0.3, -0.25) is 9.48 Å². The van der Waals surface area contributed by atoms with Crippen LogP contribution < -0.4 is 5.32 Å². The van der Waals surface area contributed by atoms with Crippen molar-refractivity contribution in [3.8, 4) is 0 Å². The Labute approximate surface area is 104 Å². The lowest BCUT2D eigenvalue weighted by Crippen LogP contribution is -2.12. The molecule has 0 saturated carbocycles. The number of hydrogen-bond donors (Lipinski definition) is 1. The Morgan fingerprint density at radius 2 is 2.06 bits per heavy atom. The second kappa shape index (κ2) is 5.01. The lowest BCUT2D eigenvalue weighted by atomic mass is 10.2. The normalized spacial score (nSPS) is 10.2. The third kappa shape index (κ3) is 2.85. The fourth-order valence-electron chi connectivity index (χ4n) is 1.41. The Hall–Kier alpha value is -1.81. The van der Waals surface area contributed by atoms with Gasteiger partial charge in [-0.1, -0.05) is 12.1 Å². The minimum Gasteiger partial charge on any atom is -0.321 e. The molecule has 0 fully saturated rings. The van der Waals surface area contributed by atoms with Crippen LogP contribution in [0.15, 0.2) is 36.5 Å². The Morgan fingerprint density at radius 1 is 1.35 bits per heavy atom. The number of amides is 1. The van der Waals surface area contributed by atoms with Crippen LogP contribution in [0.25, 0.3) is 0 Å². The highest BCUT2D eigenvalue weighted by molar-refractivity contribution is 6.17. The summed E-state index contributed by atoms with van der Waals surface area (Å²) in [6.45, 7) is 0. The van der Waals surface area contributed by atoms with Crippen molar-refractivity contribution in [1.29, 1.82) is 0 Å². The standard InChI is InChI=1S/C12H12ClN3O/c1-16-7-6-11(15-16)12(17)14-10-4-2-9(8-13)3-5-10/h2-7H,8H2,1H3,(H,14,17). The number of nitrogens with zero attached hydrogens (tertiary/aromatic N) is 2. The fraction of sp³-hybridized carbons (Fsp3) is 0.167. The van der Waals surface area contributed by atoms with Crippen molar-refractivity contribution in [3.63, 3.8) is 0 Å². The van der Waals surface area contributed by atoms with Crippen LogP contribution in [-0.2, 0) is 12.9 Å². The summed E-state index contributed by atoms with van der Waals surface area (Å²) in [7, 11) is 1.77. The van der Waals surface area contributed by atoms with Gasteiger partial charge >= 0.3 is 0 Å². The Balaban J connectivity index is 2.07. The van der Waals surface area contributed by atoms with Crippen molar-refractivity contribution in [2.75, 3.05) is 5.32 Å². The van der Waals surface area contributed by atoms with Crippen LogP contribution in [-0.4, -0.2) is 15.7 Å². The molecule has 0 aliphatic carbocycles. The molecule has 17 heavy (non-hydrogen) atoms. The molecular formula is C12H12ClN3O. The SMILES string of the molecule is Cn1ccc(C(=O)Nc2ccc(CCl)cc2)n1. The fourth-order valence-corrected chi connectivity index (χ4v) is 1.59. The van der Waals surface area contributed by atoms with Crippen LogP contribution in [0.2, 0.25) is 0 Å². The van der Waals surface area contributed by atoms with Crippen molar-refractivity contribution in [3.05, 3.63) is 47.8 Å². The molecule has 0 radical (unpaired) electrons. The first-order chi connectivity index (χ1) is 8.19. The van der Waals surface area contributed by atoms with Gasteiger partial charge in [-0.15, -0.1) is 11.6 Å². The van der Waals surface area contributed by atoms with E-state index in [0.717, 1.165) is 11.3 Å². The van der Waals surface area contributed by atoms with Crippen molar-refractivity contribution >= 4 is 23.2 Å². The maximum atomic E-state index is 11.8. The molecule has 88 valence electrons. The molecule has 0 unspecified atom stereocenters. The lowest BCUT2D eigenvalue weighted by molar-refractivity contribution is 0.102. The molecule has 0 aliphatic heterocycles. The number of halogens is 1. The van der Waals surface area contributed by atoms with E-state index in [9.17, 15) is 4.79 Å². The molecule has 4 nitrogen and oxygen atoms in total. The summed E-state index contributed by atoms with van der Waals surface area (Å²) >= 11 is 5.68. The quantitative estimate of drug-likeness (QED) is 0.850. The molecule has 1 heterocycles. The van der Waals surface area contributed by atoms with Crippen LogP contribution in [0, 0.1) is 0 Å². The topological polar surface area (TPSA) is 46.9 Å². The van der Waals surface area contributed by atoms with Crippen LogP contribution in [0.5, 0.6) is 0 Å². The Kier molecular flexibility index (Phi) is 3.44. The molecule has 5 heteroatoms. The van der Waals surface area contributed by atoms with Gasteiger partial charge in [-0.2, -0.15) is 5.10 Å². The second-order valence-electron chi connectivity index (χ2n) is 3.66. The molecule has 1 aromatic heterocycles. The zero-order valence-corrected chi connectivity index (χ0v) is 10.1. The first-order valence-electron chi connectivity index (χ1n) is 5.15. The van der Waals surface area contributed by atoms with Gasteiger partial charge in [-0.25, -0.2) is 0 Å². The van der Waals surface area contributed by atoms with Gasteiger partial charge in [0.05, 0.1) is 0 Å². The number of carbonyl (C=O) groups is 1. The van der Waals surface area contributed by atoms with Crippen LogP contribution in [0.4, 0.5) is 5.69 Å². The number of aryl methyl sites for hydroxylation is 1. The molecule has 1 aromatic carbocycles. The van der Waals surface area contributed by atoms with E-state index < -0.39 is 0 Å². The summed E-state index contributed by atoms with van der Waals surface area (Å²) < 4.78 is 1.59. The van der Waals surface area contributed by atoms with Crippen molar-refractivity contribution < 1.29 is 4.79 Å². The average molecular weight is 250 g/mol. The zero-order chi connectivity index (χ0) is 12.3. The average Bonchev–Trinajstić information content (AvgIpc) is 2.77. The summed E-state index contributed by atoms with van der Waals surface area (Å²) in [6.07, 6.45) is 1.73. The molecule has 0 aliphatic rings. The summed E-state index contributed by atoms with van der Waals surface area (Å²) in [4.78, 5) is 11.8. The van der Waals surface area contributed by atoms with E-state index in [0.29, 0.717) is 11.6 Å². The van der Waals surface area contributed by atoms with E-state index in [1.54, 1.807) is 24.0 Å². The molecule has 1 N–H and O–H groups in total. The number of hydrogen-bond acceptors (Lipinski definition) is 2. The number of alkyl halides is 1. The first-order valence-corrected chi connectivity index (χ1v) is 5.68. The van der Waals surface area contributed by atoms with Gasteiger partial charge < -0.3 is 5.32 Å². The van der Waals surface area contributed by atoms with E-state index in [1.165, 1.54) is 0 Å². The van der Waals surface area contributed by atoms with Crippen LogP contribution in [0.3, 0.4) is 0 Å². The monoisotopic (exact) mass is 249 g/mol. The number of carbonyl (C=O) groups excluding carboxylic acids is 1. The smallest absolute Gasteiger partial charge is 0.276 e. The summed E-state index contributed by atoms with van der Waals surface area (Å²) in [5, 5.41) is 6.79. The molecular weight excluding hydrogens is 238 g/mol. The zero-order valence-electron chi connectivity index (χ0n) is 9.35. The number of rotatable bonds is 3. The second-order valence-corrected chi connectivity index (χ2v) is 3.93. The van der Waals surface area contributed by atoms with Gasteiger partial charge in [0.1, 0.15) is 0 Å². The van der Waals surface area contributed by atoms with E-state index in [4.69, 9.17) is 11.6 Å². The number of anilines is 1. The van der Waals surface area contributed by atoms with E-state index in [1.807, 2.05) is 24.3 Å². The largest absolute Gasteiger partial charge is 0.321 e. The third-order valence-corrected chi connectivity index (χ3v) is 2.62. The Morgan fingerprint density at radius 3 is 2.59 bits per heavy atom. The molecule has 0 saturated heterocycles. The van der Waals surface area contributed by atoms with Gasteiger partial charge in [-0.05, 0) is 23.8 Å². The van der Waals surface area contributed by atoms with Crippen molar-refractivity contribution in [2.45, 2.75) is 5.88 Å². The van der Waals surface area contributed by atoms with Gasteiger partial charge in [0, 0.05) is 24.8 Å². The van der Waals surface area contributed by atoms with Gasteiger partial charge in [0.25, 0.3) is 5.91 Å². The number of benzene rings is 1. The highest BCUT2D eigenvalue weighted by atomic mass is 35.5. The summed E-state index contributed by atoms with van der Waals surface area (Å²) in [6, 6.07) is 9.06. The van der Waals surface area contributed by atoms with Gasteiger partial charge in [0.15, 0.2) is 5.69 Å². The minimum atomic E-state index is -0.218. The van der Waals surface area contributed by atoms with Crippen LogP contribution >= 0.6 is 11.6 Å². The maximum Gasteiger partial charge on any atom is 0.276 e. The van der Waals surface area contributed by atoms with Crippen molar-refractivity contribution in [1.82, 2.24) is 9.78 Å². The van der Waals surface area contributed by atoms with Gasteiger partial charge in [0.2, 0.25) is 0 Å². The predicted molar refractivity (Wildman–Crippen MR) is 67.2 cm³/mol. The predicted octanol–water partition coefficient (Wildman–Crippen LogP) is 2.41. The maximum absolute atomic E-state index is 11.8. The lowest BCUT2D eigenvalue weighted by Gasteiger charge is -2.03. The van der Waals surface area contributed by atoms with E-state index in [-0.39, 0.29) is 5.91 Å². The molecule has 0 atom stereocenters. The molecule has 0 spiro atoms. The van der Waals surface area contributed by atoms with E-state index >= 15 is 0 Å². The first kappa shape index (κ1) is 11.7. The summed E-state index contributed by atoms with van der Waals surface area (Å²) in [5.74, 6) is 0.248. The molecule has 0 bridgehead atoms. The Bertz CT molecular complexity index is 519. The number of nitrogens with one attached hydrogen (secondary N) is 1. The highest BCUT2D eigenvalue weighted by Gasteiger charge is 2.08. The molecule has 1 amide bonds. The molecule has 2 rings (SSSR count). The van der Waals surface area contributed by atoms with Crippen LogP contribution in [0.1, 0.15) is 16.1 Å². The van der Waals surface area contributed by atoms with E-state index in [2.05, 4.69) is 10.4 Å².